The molecule has 0 spiro atoms. The van der Waals surface area contributed by atoms with Crippen molar-refractivity contribution in [1.82, 2.24) is 15.8 Å². The normalized spacial score (nSPS) is 15.4. The number of benzene rings is 1. The summed E-state index contributed by atoms with van der Waals surface area (Å²) in [4.78, 5) is 0. The number of hydrogen-bond donors (Lipinski definition) is 5. The molecule has 6 N–H and O–H groups in total. The molecule has 0 radical (unpaired) electrons. The van der Waals surface area contributed by atoms with Crippen molar-refractivity contribution < 1.29 is 0 Å². The van der Waals surface area contributed by atoms with Gasteiger partial charge < -0.3 is 0 Å². The van der Waals surface area contributed by atoms with Crippen LogP contribution < -0.4 is 21.6 Å². The van der Waals surface area contributed by atoms with Crippen LogP contribution in [0.1, 0.15) is 19.3 Å². The van der Waals surface area contributed by atoms with Crippen molar-refractivity contribution in [1.29, 1.82) is 10.8 Å². The number of piperidine rings is 1. The van der Waals surface area contributed by atoms with Gasteiger partial charge in [0.1, 0.15) is 0 Å². The fraction of sp³-hybridized carbons (Fsp3) is 0.385. The van der Waals surface area contributed by atoms with Crippen molar-refractivity contribution in [3.8, 4) is 0 Å². The van der Waals surface area contributed by atoms with E-state index in [1.54, 1.807) is 5.01 Å². The molecule has 7 nitrogen and oxygen atoms in total. The van der Waals surface area contributed by atoms with Crippen LogP contribution in [-0.4, -0.2) is 30.0 Å². The van der Waals surface area contributed by atoms with Crippen LogP contribution in [0, 0.1) is 10.8 Å². The molecule has 1 aromatic carbocycles. The van der Waals surface area contributed by atoms with E-state index in [-0.39, 0.29) is 11.9 Å². The van der Waals surface area contributed by atoms with Crippen LogP contribution in [0.3, 0.4) is 0 Å². The average Bonchev–Trinajstić information content (AvgIpc) is 2.49. The lowest BCUT2D eigenvalue weighted by molar-refractivity contribution is 0.235. The van der Waals surface area contributed by atoms with Crippen LogP contribution >= 0.6 is 0 Å². The maximum atomic E-state index is 8.19. The Bertz CT molecular complexity index is 453. The molecule has 1 aromatic rings. The summed E-state index contributed by atoms with van der Waals surface area (Å²) in [6.07, 6.45) is 3.45. The zero-order chi connectivity index (χ0) is 14.4. The number of guanidine groups is 2. The monoisotopic (exact) mass is 275 g/mol. The molecule has 1 heterocycles. The first kappa shape index (κ1) is 14.3. The number of rotatable bonds is 2. The van der Waals surface area contributed by atoms with E-state index in [1.807, 2.05) is 30.3 Å². The number of nitrogens with one attached hydrogen (secondary N) is 4. The van der Waals surface area contributed by atoms with Crippen LogP contribution in [0.15, 0.2) is 30.3 Å². The number of nitrogens with zero attached hydrogens (tertiary/aromatic N) is 2. The molecule has 1 aliphatic rings. The zero-order valence-electron chi connectivity index (χ0n) is 11.4. The third-order valence-corrected chi connectivity index (χ3v) is 3.22. The van der Waals surface area contributed by atoms with Gasteiger partial charge in [-0.25, -0.2) is 15.9 Å². The second-order valence-corrected chi connectivity index (χ2v) is 4.65. The Morgan fingerprint density at radius 2 is 1.75 bits per heavy atom. The van der Waals surface area contributed by atoms with Gasteiger partial charge in [0, 0.05) is 13.1 Å². The van der Waals surface area contributed by atoms with Crippen molar-refractivity contribution in [3.05, 3.63) is 30.3 Å². The van der Waals surface area contributed by atoms with Crippen molar-refractivity contribution in [2.45, 2.75) is 19.3 Å². The van der Waals surface area contributed by atoms with Crippen LogP contribution in [0.2, 0.25) is 0 Å². The van der Waals surface area contributed by atoms with E-state index in [0.717, 1.165) is 31.6 Å². The molecular formula is C13H21N7. The molecule has 0 saturated carbocycles. The maximum absolute atomic E-state index is 8.19. The standard InChI is InChI=1S/C13H21N7/c14-12(18-16)17-13(15)20(11-7-3-1-4-8-11)19-9-5-2-6-10-19/h1,3-4,7-8H,2,5-6,9-10,16H2,(H4,14,15,17,18). The van der Waals surface area contributed by atoms with Gasteiger partial charge in [0.05, 0.1) is 5.69 Å². The molecule has 20 heavy (non-hydrogen) atoms. The number of hydrazine groups is 2. The first-order chi connectivity index (χ1) is 9.72. The Morgan fingerprint density at radius 3 is 2.35 bits per heavy atom. The highest BCUT2D eigenvalue weighted by Crippen LogP contribution is 2.19. The molecule has 0 aliphatic carbocycles. The predicted molar refractivity (Wildman–Crippen MR) is 80.3 cm³/mol. The van der Waals surface area contributed by atoms with Gasteiger partial charge in [-0.05, 0) is 25.0 Å². The van der Waals surface area contributed by atoms with Crippen molar-refractivity contribution in [3.63, 3.8) is 0 Å². The minimum absolute atomic E-state index is 0.104. The number of anilines is 1. The lowest BCUT2D eigenvalue weighted by atomic mass is 10.1. The van der Waals surface area contributed by atoms with Crippen molar-refractivity contribution >= 4 is 17.6 Å². The zero-order valence-corrected chi connectivity index (χ0v) is 11.4. The second kappa shape index (κ2) is 6.88. The van der Waals surface area contributed by atoms with Crippen molar-refractivity contribution in [2.75, 3.05) is 18.1 Å². The molecule has 0 unspecified atom stereocenters. The molecule has 0 atom stereocenters. The van der Waals surface area contributed by atoms with E-state index in [1.165, 1.54) is 6.42 Å². The Morgan fingerprint density at radius 1 is 1.10 bits per heavy atom. The number of para-hydroxylation sites is 1. The highest BCUT2D eigenvalue weighted by molar-refractivity contribution is 6.03. The molecule has 1 aliphatic heterocycles. The van der Waals surface area contributed by atoms with Crippen LogP contribution in [0.4, 0.5) is 5.69 Å². The molecule has 7 heteroatoms. The summed E-state index contributed by atoms with van der Waals surface area (Å²) in [6.45, 7) is 1.81. The van der Waals surface area contributed by atoms with Gasteiger partial charge in [0.15, 0.2) is 0 Å². The van der Waals surface area contributed by atoms with E-state index in [9.17, 15) is 0 Å². The third-order valence-electron chi connectivity index (χ3n) is 3.22. The molecule has 1 fully saturated rings. The Hall–Kier alpha value is -2.12. The summed E-state index contributed by atoms with van der Waals surface area (Å²) in [7, 11) is 0. The Balaban J connectivity index is 2.19. The highest BCUT2D eigenvalue weighted by atomic mass is 15.7. The second-order valence-electron chi connectivity index (χ2n) is 4.65. The first-order valence-electron chi connectivity index (χ1n) is 6.73. The van der Waals surface area contributed by atoms with E-state index in [4.69, 9.17) is 16.7 Å². The minimum Gasteiger partial charge on any atom is -0.295 e. The van der Waals surface area contributed by atoms with E-state index < -0.39 is 0 Å². The Kier molecular flexibility index (Phi) is 4.91. The van der Waals surface area contributed by atoms with Crippen LogP contribution in [0.5, 0.6) is 0 Å². The summed E-state index contributed by atoms with van der Waals surface area (Å²) in [6, 6.07) is 9.71. The highest BCUT2D eigenvalue weighted by Gasteiger charge is 2.22. The largest absolute Gasteiger partial charge is 0.295 e. The summed E-state index contributed by atoms with van der Waals surface area (Å²) < 4.78 is 0. The average molecular weight is 275 g/mol. The molecule has 2 rings (SSSR count). The van der Waals surface area contributed by atoms with Gasteiger partial charge >= 0.3 is 0 Å². The molecule has 1 saturated heterocycles. The first-order valence-corrected chi connectivity index (χ1v) is 6.73. The smallest absolute Gasteiger partial charge is 0.217 e. The summed E-state index contributed by atoms with van der Waals surface area (Å²) in [5.74, 6) is 5.18. The van der Waals surface area contributed by atoms with Gasteiger partial charge in [-0.2, -0.15) is 0 Å². The fourth-order valence-corrected chi connectivity index (χ4v) is 2.29. The maximum Gasteiger partial charge on any atom is 0.217 e. The van der Waals surface area contributed by atoms with Gasteiger partial charge in [-0.15, -0.1) is 0 Å². The number of nitrogens with two attached hydrogens (primary N) is 1. The lowest BCUT2D eigenvalue weighted by Crippen LogP contribution is -2.56. The van der Waals surface area contributed by atoms with Gasteiger partial charge in [-0.1, -0.05) is 24.6 Å². The van der Waals surface area contributed by atoms with Crippen LogP contribution in [-0.2, 0) is 0 Å². The summed E-state index contributed by atoms with van der Waals surface area (Å²) in [5.41, 5.74) is 3.09. The van der Waals surface area contributed by atoms with E-state index in [0.29, 0.717) is 0 Å². The van der Waals surface area contributed by atoms with Crippen LogP contribution in [0.25, 0.3) is 0 Å². The molecular weight excluding hydrogens is 254 g/mol. The molecule has 0 amide bonds. The van der Waals surface area contributed by atoms with E-state index >= 15 is 0 Å². The molecule has 0 bridgehead atoms. The van der Waals surface area contributed by atoms with Gasteiger partial charge in [0.25, 0.3) is 0 Å². The number of hydrogen-bond acceptors (Lipinski definition) is 4. The summed E-state index contributed by atoms with van der Waals surface area (Å²) in [5, 5.41) is 22.3. The molecule has 0 aromatic heterocycles. The van der Waals surface area contributed by atoms with Gasteiger partial charge in [-0.3, -0.25) is 21.6 Å². The molecule has 108 valence electrons. The van der Waals surface area contributed by atoms with E-state index in [2.05, 4.69) is 15.8 Å². The fourth-order valence-electron chi connectivity index (χ4n) is 2.29. The van der Waals surface area contributed by atoms with Crippen molar-refractivity contribution in [2.24, 2.45) is 5.84 Å². The Labute approximate surface area is 118 Å². The summed E-state index contributed by atoms with van der Waals surface area (Å²) >= 11 is 0. The SMILES string of the molecule is N=C(NN)NC(=N)N(c1ccccc1)N1CCCCC1. The minimum atomic E-state index is -0.104. The quantitative estimate of drug-likeness (QED) is 0.238. The predicted octanol–water partition coefficient (Wildman–Crippen LogP) is 0.816. The topological polar surface area (TPSA) is 104 Å². The lowest BCUT2D eigenvalue weighted by Gasteiger charge is -2.38. The third kappa shape index (κ3) is 3.46. The van der Waals surface area contributed by atoms with Gasteiger partial charge in [0.2, 0.25) is 11.9 Å².